The Morgan fingerprint density at radius 3 is 2.69 bits per heavy atom. The van der Waals surface area contributed by atoms with Crippen molar-refractivity contribution in [2.45, 2.75) is 0 Å². The molecular weight excluding hydrogens is 338 g/mol. The summed E-state index contributed by atoms with van der Waals surface area (Å²) in [5, 5.41) is 22.1. The molecule has 0 spiro atoms. The van der Waals surface area contributed by atoms with Crippen molar-refractivity contribution in [2.75, 3.05) is 7.11 Å². The summed E-state index contributed by atoms with van der Waals surface area (Å²) >= 11 is 0. The lowest BCUT2D eigenvalue weighted by Crippen LogP contribution is -2.17. The minimum Gasteiger partial charge on any atom is -0.507 e. The van der Waals surface area contributed by atoms with Crippen LogP contribution in [0.2, 0.25) is 0 Å². The van der Waals surface area contributed by atoms with E-state index in [1.807, 2.05) is 0 Å². The summed E-state index contributed by atoms with van der Waals surface area (Å²) in [5.74, 6) is -0.667. The number of nitrogens with one attached hydrogen (secondary N) is 2. The summed E-state index contributed by atoms with van der Waals surface area (Å²) in [6, 6.07) is 11.2. The van der Waals surface area contributed by atoms with Crippen molar-refractivity contribution >= 4 is 24.1 Å². The molecule has 2 aromatic carbocycles. The molecule has 0 aromatic heterocycles. The molecule has 134 valence electrons. The van der Waals surface area contributed by atoms with E-state index in [2.05, 4.69) is 10.5 Å². The molecular formula is C18H17N3O5. The van der Waals surface area contributed by atoms with Gasteiger partial charge in [0.2, 0.25) is 0 Å². The summed E-state index contributed by atoms with van der Waals surface area (Å²) in [7, 11) is 1.49. The Balaban J connectivity index is 2.04. The molecule has 0 fully saturated rings. The molecule has 0 unspecified atom stereocenters. The van der Waals surface area contributed by atoms with E-state index in [9.17, 15) is 14.7 Å². The summed E-state index contributed by atoms with van der Waals surface area (Å²) in [4.78, 5) is 23.1. The number of carbonyl (C=O) groups excluding carboxylic acids is 2. The van der Waals surface area contributed by atoms with Gasteiger partial charge >= 0.3 is 0 Å². The van der Waals surface area contributed by atoms with Crippen LogP contribution in [0.5, 0.6) is 11.5 Å². The molecule has 0 bridgehead atoms. The van der Waals surface area contributed by atoms with Crippen LogP contribution in [-0.4, -0.2) is 35.5 Å². The number of benzene rings is 2. The number of hydroxylamine groups is 1. The molecule has 2 rings (SSSR count). The molecule has 2 aromatic rings. The summed E-state index contributed by atoms with van der Waals surface area (Å²) in [5.41, 5.74) is 5.16. The predicted octanol–water partition coefficient (Wildman–Crippen LogP) is 1.68. The van der Waals surface area contributed by atoms with Crippen LogP contribution in [0.3, 0.4) is 0 Å². The Labute approximate surface area is 149 Å². The number of methoxy groups -OCH3 is 1. The van der Waals surface area contributed by atoms with E-state index in [1.54, 1.807) is 36.4 Å². The van der Waals surface area contributed by atoms with Crippen LogP contribution in [0.4, 0.5) is 0 Å². The third-order valence-corrected chi connectivity index (χ3v) is 3.29. The summed E-state index contributed by atoms with van der Waals surface area (Å²) in [6.07, 6.45) is 3.88. The SMILES string of the molecule is COc1ccc(/C=N/NC(=O)c2cccc(/C=C/C(=O)NO)c2)c(O)c1. The molecule has 4 N–H and O–H groups in total. The molecule has 0 aliphatic carbocycles. The number of hydrogen-bond acceptors (Lipinski definition) is 6. The first-order valence-corrected chi connectivity index (χ1v) is 7.46. The van der Waals surface area contributed by atoms with Crippen LogP contribution >= 0.6 is 0 Å². The fourth-order valence-electron chi connectivity index (χ4n) is 1.98. The first kappa shape index (κ1) is 18.7. The van der Waals surface area contributed by atoms with Gasteiger partial charge in [-0.25, -0.2) is 10.9 Å². The zero-order valence-electron chi connectivity index (χ0n) is 13.8. The Bertz CT molecular complexity index is 862. The quantitative estimate of drug-likeness (QED) is 0.272. The minimum atomic E-state index is -0.677. The molecule has 0 radical (unpaired) electrons. The number of aromatic hydroxyl groups is 1. The van der Waals surface area contributed by atoms with Gasteiger partial charge in [0.25, 0.3) is 11.8 Å². The van der Waals surface area contributed by atoms with Gasteiger partial charge in [-0.05, 0) is 35.9 Å². The van der Waals surface area contributed by atoms with Gasteiger partial charge in [-0.2, -0.15) is 5.10 Å². The Hall–Kier alpha value is -3.65. The van der Waals surface area contributed by atoms with Gasteiger partial charge in [0.05, 0.1) is 13.3 Å². The van der Waals surface area contributed by atoms with Crippen LogP contribution < -0.4 is 15.6 Å². The van der Waals surface area contributed by atoms with Crippen LogP contribution in [0.25, 0.3) is 6.08 Å². The van der Waals surface area contributed by atoms with E-state index in [0.717, 1.165) is 6.08 Å². The smallest absolute Gasteiger partial charge is 0.271 e. The van der Waals surface area contributed by atoms with Gasteiger partial charge in [-0.1, -0.05) is 12.1 Å². The summed E-state index contributed by atoms with van der Waals surface area (Å²) in [6.45, 7) is 0. The number of hydrogen-bond donors (Lipinski definition) is 4. The highest BCUT2D eigenvalue weighted by atomic mass is 16.5. The molecule has 0 atom stereocenters. The van der Waals surface area contributed by atoms with Gasteiger partial charge in [-0.3, -0.25) is 14.8 Å². The van der Waals surface area contributed by atoms with Crippen LogP contribution in [-0.2, 0) is 4.79 Å². The minimum absolute atomic E-state index is 0.0309. The second-order valence-corrected chi connectivity index (χ2v) is 5.06. The zero-order chi connectivity index (χ0) is 18.9. The number of phenolic OH excluding ortho intramolecular Hbond substituents is 1. The Morgan fingerprint density at radius 2 is 2.00 bits per heavy atom. The fraction of sp³-hybridized carbons (Fsp3) is 0.0556. The van der Waals surface area contributed by atoms with E-state index < -0.39 is 11.8 Å². The Kier molecular flexibility index (Phi) is 6.47. The third-order valence-electron chi connectivity index (χ3n) is 3.29. The van der Waals surface area contributed by atoms with E-state index in [-0.39, 0.29) is 5.75 Å². The highest BCUT2D eigenvalue weighted by Gasteiger charge is 2.05. The topological polar surface area (TPSA) is 120 Å². The molecule has 2 amide bonds. The number of carbonyl (C=O) groups is 2. The largest absolute Gasteiger partial charge is 0.507 e. The summed E-state index contributed by atoms with van der Waals surface area (Å²) < 4.78 is 4.98. The van der Waals surface area contributed by atoms with Crippen molar-refractivity contribution < 1.29 is 24.6 Å². The number of rotatable bonds is 6. The van der Waals surface area contributed by atoms with Crippen LogP contribution in [0.1, 0.15) is 21.5 Å². The first-order chi connectivity index (χ1) is 12.5. The van der Waals surface area contributed by atoms with Crippen molar-refractivity contribution in [3.8, 4) is 11.5 Å². The van der Waals surface area contributed by atoms with E-state index >= 15 is 0 Å². The maximum Gasteiger partial charge on any atom is 0.271 e. The molecule has 0 aliphatic heterocycles. The first-order valence-electron chi connectivity index (χ1n) is 7.46. The lowest BCUT2D eigenvalue weighted by atomic mass is 10.1. The van der Waals surface area contributed by atoms with Gasteiger partial charge in [0, 0.05) is 23.3 Å². The van der Waals surface area contributed by atoms with Crippen molar-refractivity contribution in [3.05, 3.63) is 65.2 Å². The second kappa shape index (κ2) is 9.00. The fourth-order valence-corrected chi connectivity index (χ4v) is 1.98. The maximum atomic E-state index is 12.1. The van der Waals surface area contributed by atoms with E-state index in [0.29, 0.717) is 22.4 Å². The lowest BCUT2D eigenvalue weighted by molar-refractivity contribution is -0.124. The predicted molar refractivity (Wildman–Crippen MR) is 95.1 cm³/mol. The number of hydrazone groups is 1. The number of nitrogens with zero attached hydrogens (tertiary/aromatic N) is 1. The molecule has 8 heteroatoms. The third kappa shape index (κ3) is 5.18. The second-order valence-electron chi connectivity index (χ2n) is 5.06. The number of ether oxygens (including phenoxy) is 1. The van der Waals surface area contributed by atoms with Crippen molar-refractivity contribution in [1.82, 2.24) is 10.9 Å². The molecule has 0 heterocycles. The highest BCUT2D eigenvalue weighted by Crippen LogP contribution is 2.21. The molecule has 26 heavy (non-hydrogen) atoms. The van der Waals surface area contributed by atoms with Gasteiger partial charge in [0.15, 0.2) is 0 Å². The van der Waals surface area contributed by atoms with Gasteiger partial charge in [-0.15, -0.1) is 0 Å². The molecule has 8 nitrogen and oxygen atoms in total. The highest BCUT2D eigenvalue weighted by molar-refractivity contribution is 5.96. The average Bonchev–Trinajstić information content (AvgIpc) is 2.67. The van der Waals surface area contributed by atoms with Crippen LogP contribution in [0, 0.1) is 0 Å². The van der Waals surface area contributed by atoms with Gasteiger partial charge < -0.3 is 9.84 Å². The van der Waals surface area contributed by atoms with Crippen molar-refractivity contribution in [3.63, 3.8) is 0 Å². The van der Waals surface area contributed by atoms with Gasteiger partial charge in [0.1, 0.15) is 11.5 Å². The molecule has 0 saturated heterocycles. The molecule has 0 aliphatic rings. The standard InChI is InChI=1S/C18H17N3O5/c1-26-15-7-6-14(16(22)10-15)11-19-20-18(24)13-4-2-3-12(9-13)5-8-17(23)21-25/h2-11,22,25H,1H3,(H,20,24)(H,21,23)/b8-5+,19-11+. The monoisotopic (exact) mass is 355 g/mol. The maximum absolute atomic E-state index is 12.1. The van der Waals surface area contributed by atoms with Crippen molar-refractivity contribution in [1.29, 1.82) is 0 Å². The average molecular weight is 355 g/mol. The van der Waals surface area contributed by atoms with Crippen LogP contribution in [0.15, 0.2) is 53.6 Å². The number of amides is 2. The zero-order valence-corrected chi connectivity index (χ0v) is 13.8. The van der Waals surface area contributed by atoms with Crippen molar-refractivity contribution in [2.24, 2.45) is 5.10 Å². The van der Waals surface area contributed by atoms with E-state index in [1.165, 1.54) is 30.9 Å². The molecule has 0 saturated carbocycles. The Morgan fingerprint density at radius 1 is 1.19 bits per heavy atom. The number of phenols is 1. The normalized spacial score (nSPS) is 10.8. The van der Waals surface area contributed by atoms with E-state index in [4.69, 9.17) is 9.94 Å². The lowest BCUT2D eigenvalue weighted by Gasteiger charge is -2.03.